The minimum atomic E-state index is -0.293. The van der Waals surface area contributed by atoms with Crippen molar-refractivity contribution in [1.29, 1.82) is 0 Å². The van der Waals surface area contributed by atoms with Crippen molar-refractivity contribution < 1.29 is 9.53 Å². The van der Waals surface area contributed by atoms with Gasteiger partial charge in [0.2, 0.25) is 0 Å². The molecule has 2 N–H and O–H groups in total. The van der Waals surface area contributed by atoms with Crippen molar-refractivity contribution >= 4 is 51.0 Å². The van der Waals surface area contributed by atoms with Crippen LogP contribution in [0.25, 0.3) is 0 Å². The van der Waals surface area contributed by atoms with E-state index in [0.29, 0.717) is 10.7 Å². The fraction of sp³-hybridized carbons (Fsp3) is 0.429. The van der Waals surface area contributed by atoms with E-state index in [1.807, 2.05) is 43.3 Å². The molecule has 5 nitrogen and oxygen atoms in total. The van der Waals surface area contributed by atoms with Crippen molar-refractivity contribution in [1.82, 2.24) is 0 Å². The second kappa shape index (κ2) is 9.39. The number of ether oxygens (including phenoxy) is 1. The Morgan fingerprint density at radius 2 is 1.75 bits per heavy atom. The highest BCUT2D eigenvalue weighted by Gasteiger charge is 2.25. The zero-order valence-electron chi connectivity index (χ0n) is 16.6. The Labute approximate surface area is 176 Å². The van der Waals surface area contributed by atoms with Gasteiger partial charge in [0.25, 0.3) is 0 Å². The molecule has 28 heavy (non-hydrogen) atoms. The number of nitrogens with one attached hydrogen (secondary N) is 2. The Morgan fingerprint density at radius 1 is 1.07 bits per heavy atom. The molecule has 0 bridgehead atoms. The summed E-state index contributed by atoms with van der Waals surface area (Å²) in [4.78, 5) is 15.8. The van der Waals surface area contributed by atoms with Gasteiger partial charge in [-0.15, -0.1) is 11.3 Å². The van der Waals surface area contributed by atoms with Crippen LogP contribution in [0.5, 0.6) is 0 Å². The quantitative estimate of drug-likeness (QED) is 0.535. The zero-order valence-corrected chi connectivity index (χ0v) is 18.3. The Bertz CT molecular complexity index is 844. The van der Waals surface area contributed by atoms with Gasteiger partial charge in [0.1, 0.15) is 5.00 Å². The molecule has 1 aromatic carbocycles. The standard InChI is InChI=1S/C21H27N3O2S2/c1-24(2)15-12-10-14(11-13-15)22-21(27)23-19-18(20(25)26-3)16-8-6-4-5-7-9-17(16)28-19/h10-13H,4-9H2,1-3H3,(H2,22,23,27). The Balaban J connectivity index is 1.79. The normalized spacial score (nSPS) is 13.7. The van der Waals surface area contributed by atoms with Gasteiger partial charge >= 0.3 is 5.97 Å². The third-order valence-corrected chi connectivity index (χ3v) is 6.34. The molecule has 0 fully saturated rings. The van der Waals surface area contributed by atoms with Gasteiger partial charge in [-0.1, -0.05) is 12.8 Å². The maximum absolute atomic E-state index is 12.5. The highest BCUT2D eigenvalue weighted by Crippen LogP contribution is 2.37. The number of hydrogen-bond acceptors (Lipinski definition) is 5. The van der Waals surface area contributed by atoms with Gasteiger partial charge in [0.15, 0.2) is 5.11 Å². The number of carbonyl (C=O) groups excluding carboxylic acids is 1. The summed E-state index contributed by atoms with van der Waals surface area (Å²) in [5.74, 6) is -0.293. The summed E-state index contributed by atoms with van der Waals surface area (Å²) in [5, 5.41) is 7.69. The van der Waals surface area contributed by atoms with Gasteiger partial charge in [0, 0.05) is 30.3 Å². The van der Waals surface area contributed by atoms with Crippen molar-refractivity contribution in [2.24, 2.45) is 0 Å². The number of thiophene rings is 1. The highest BCUT2D eigenvalue weighted by atomic mass is 32.1. The smallest absolute Gasteiger partial charge is 0.341 e. The molecule has 1 aliphatic rings. The summed E-state index contributed by atoms with van der Waals surface area (Å²) in [7, 11) is 5.44. The third-order valence-electron chi connectivity index (χ3n) is 4.93. The van der Waals surface area contributed by atoms with Crippen molar-refractivity contribution in [2.45, 2.75) is 38.5 Å². The average molecular weight is 418 g/mol. The van der Waals surface area contributed by atoms with Crippen LogP contribution in [0.2, 0.25) is 0 Å². The molecule has 0 amide bonds. The average Bonchev–Trinajstić information content (AvgIpc) is 2.97. The molecule has 0 spiro atoms. The van der Waals surface area contributed by atoms with Gasteiger partial charge in [0.05, 0.1) is 12.7 Å². The number of benzene rings is 1. The van der Waals surface area contributed by atoms with Crippen molar-refractivity contribution in [3.05, 3.63) is 40.3 Å². The summed E-state index contributed by atoms with van der Waals surface area (Å²) >= 11 is 7.13. The third kappa shape index (κ3) is 4.83. The molecule has 0 atom stereocenters. The molecule has 0 aliphatic heterocycles. The molecule has 0 radical (unpaired) electrons. The van der Waals surface area contributed by atoms with Crippen LogP contribution in [-0.4, -0.2) is 32.3 Å². The lowest BCUT2D eigenvalue weighted by molar-refractivity contribution is 0.0601. The molecule has 1 heterocycles. The molecular formula is C21H27N3O2S2. The molecule has 2 aromatic rings. The molecular weight excluding hydrogens is 390 g/mol. The molecule has 0 unspecified atom stereocenters. The number of hydrogen-bond donors (Lipinski definition) is 2. The summed E-state index contributed by atoms with van der Waals surface area (Å²) in [6.07, 6.45) is 6.66. The first-order chi connectivity index (χ1) is 13.5. The van der Waals surface area contributed by atoms with E-state index in [0.717, 1.165) is 47.6 Å². The number of carbonyl (C=O) groups is 1. The molecule has 150 valence electrons. The first kappa shape index (κ1) is 20.6. The lowest BCUT2D eigenvalue weighted by atomic mass is 9.96. The fourth-order valence-electron chi connectivity index (χ4n) is 3.43. The van der Waals surface area contributed by atoms with Gasteiger partial charge in [-0.3, -0.25) is 0 Å². The SMILES string of the molecule is COC(=O)c1c(NC(=S)Nc2ccc(N(C)C)cc2)sc2c1CCCCCC2. The fourth-order valence-corrected chi connectivity index (χ4v) is 5.00. The Hall–Kier alpha value is -2.12. The van der Waals surface area contributed by atoms with Crippen LogP contribution in [-0.2, 0) is 17.6 Å². The summed E-state index contributed by atoms with van der Waals surface area (Å²) < 4.78 is 5.07. The van der Waals surface area contributed by atoms with Gasteiger partial charge in [-0.25, -0.2) is 4.79 Å². The van der Waals surface area contributed by atoms with E-state index >= 15 is 0 Å². The van der Waals surface area contributed by atoms with E-state index < -0.39 is 0 Å². The number of anilines is 3. The minimum absolute atomic E-state index is 0.293. The van der Waals surface area contributed by atoms with Gasteiger partial charge < -0.3 is 20.3 Å². The van der Waals surface area contributed by atoms with Gasteiger partial charge in [-0.2, -0.15) is 0 Å². The number of aryl methyl sites for hydroxylation is 1. The topological polar surface area (TPSA) is 53.6 Å². The van der Waals surface area contributed by atoms with Gasteiger partial charge in [-0.05, 0) is 67.7 Å². The van der Waals surface area contributed by atoms with Crippen LogP contribution in [0.4, 0.5) is 16.4 Å². The van der Waals surface area contributed by atoms with E-state index in [4.69, 9.17) is 17.0 Å². The van der Waals surface area contributed by atoms with Crippen molar-refractivity contribution in [3.63, 3.8) is 0 Å². The number of thiocarbonyl (C=S) groups is 1. The van der Waals surface area contributed by atoms with E-state index in [-0.39, 0.29) is 5.97 Å². The minimum Gasteiger partial charge on any atom is -0.465 e. The predicted molar refractivity (Wildman–Crippen MR) is 122 cm³/mol. The number of methoxy groups -OCH3 is 1. The molecule has 7 heteroatoms. The van der Waals surface area contributed by atoms with Crippen LogP contribution < -0.4 is 15.5 Å². The first-order valence-corrected chi connectivity index (χ1v) is 10.8. The lowest BCUT2D eigenvalue weighted by Crippen LogP contribution is -2.20. The maximum Gasteiger partial charge on any atom is 0.341 e. The number of fused-ring (bicyclic) bond motifs is 1. The van der Waals surface area contributed by atoms with Crippen molar-refractivity contribution in [3.8, 4) is 0 Å². The molecule has 1 aliphatic carbocycles. The Kier molecular flexibility index (Phi) is 6.91. The zero-order chi connectivity index (χ0) is 20.1. The summed E-state index contributed by atoms with van der Waals surface area (Å²) in [6, 6.07) is 8.03. The predicted octanol–water partition coefficient (Wildman–Crippen LogP) is 5.07. The molecule has 1 aromatic heterocycles. The molecule has 0 saturated carbocycles. The molecule has 0 saturated heterocycles. The van der Waals surface area contributed by atoms with E-state index in [9.17, 15) is 4.79 Å². The second-order valence-corrected chi connectivity index (χ2v) is 8.65. The second-order valence-electron chi connectivity index (χ2n) is 7.13. The van der Waals surface area contributed by atoms with Crippen LogP contribution in [0, 0.1) is 0 Å². The van der Waals surface area contributed by atoms with Crippen LogP contribution in [0.1, 0.15) is 46.5 Å². The lowest BCUT2D eigenvalue weighted by Gasteiger charge is -2.14. The van der Waals surface area contributed by atoms with E-state index in [1.54, 1.807) is 11.3 Å². The maximum atomic E-state index is 12.5. The number of esters is 1. The van der Waals surface area contributed by atoms with Crippen LogP contribution >= 0.6 is 23.6 Å². The number of nitrogens with zero attached hydrogens (tertiary/aromatic N) is 1. The summed E-state index contributed by atoms with van der Waals surface area (Å²) in [6.45, 7) is 0. The van der Waals surface area contributed by atoms with Crippen LogP contribution in [0.3, 0.4) is 0 Å². The molecule has 3 rings (SSSR count). The highest BCUT2D eigenvalue weighted by molar-refractivity contribution is 7.80. The Morgan fingerprint density at radius 3 is 2.39 bits per heavy atom. The van der Waals surface area contributed by atoms with E-state index in [2.05, 4.69) is 10.6 Å². The van der Waals surface area contributed by atoms with Crippen LogP contribution in [0.15, 0.2) is 24.3 Å². The number of rotatable bonds is 4. The van der Waals surface area contributed by atoms with E-state index in [1.165, 1.54) is 24.8 Å². The first-order valence-electron chi connectivity index (χ1n) is 9.58. The largest absolute Gasteiger partial charge is 0.465 e. The monoisotopic (exact) mass is 417 g/mol. The van der Waals surface area contributed by atoms with Crippen molar-refractivity contribution in [2.75, 3.05) is 36.7 Å². The summed E-state index contributed by atoms with van der Waals surface area (Å²) in [5.41, 5.74) is 3.81.